The second-order valence-electron chi connectivity index (χ2n) is 5.65. The minimum atomic E-state index is -0.372. The summed E-state index contributed by atoms with van der Waals surface area (Å²) in [5, 5.41) is 13.1. The highest BCUT2D eigenvalue weighted by atomic mass is 16.5. The number of ether oxygens (including phenoxy) is 1. The normalized spacial score (nSPS) is 9.74. The number of carbonyl (C=O) groups excluding carboxylic acids is 1. The first-order chi connectivity index (χ1) is 13.3. The summed E-state index contributed by atoms with van der Waals surface area (Å²) in [6.45, 7) is -0.174. The van der Waals surface area contributed by atoms with Gasteiger partial charge in [0.2, 0.25) is 0 Å². The lowest BCUT2D eigenvalue weighted by molar-refractivity contribution is -0.123. The molecule has 1 amide bonds. The van der Waals surface area contributed by atoms with E-state index in [9.17, 15) is 4.79 Å². The Morgan fingerprint density at radius 1 is 0.889 bits per heavy atom. The fourth-order valence-electron chi connectivity index (χ4n) is 2.41. The van der Waals surface area contributed by atoms with E-state index < -0.39 is 0 Å². The van der Waals surface area contributed by atoms with Crippen LogP contribution in [0, 0.1) is 11.3 Å². The van der Waals surface area contributed by atoms with E-state index in [1.54, 1.807) is 24.3 Å². The van der Waals surface area contributed by atoms with Crippen molar-refractivity contribution < 1.29 is 9.53 Å². The Kier molecular flexibility index (Phi) is 5.95. The van der Waals surface area contributed by atoms with Crippen LogP contribution in [-0.2, 0) is 4.79 Å². The number of benzene rings is 3. The summed E-state index contributed by atoms with van der Waals surface area (Å²) in [6.07, 6.45) is 0. The number of nitriles is 1. The van der Waals surface area contributed by atoms with Crippen molar-refractivity contribution in [2.45, 2.75) is 0 Å². The molecule has 0 radical (unpaired) electrons. The maximum absolute atomic E-state index is 12.1. The molecule has 0 spiro atoms. The molecule has 0 fully saturated rings. The van der Waals surface area contributed by atoms with Gasteiger partial charge in [0, 0.05) is 11.1 Å². The molecule has 0 bridgehead atoms. The minimum absolute atomic E-state index is 0.174. The Hall–Kier alpha value is -3.91. The van der Waals surface area contributed by atoms with Crippen LogP contribution in [0.1, 0.15) is 16.7 Å². The first-order valence-electron chi connectivity index (χ1n) is 8.36. The van der Waals surface area contributed by atoms with Crippen LogP contribution >= 0.6 is 0 Å². The molecule has 3 aromatic rings. The number of carbonyl (C=O) groups is 1. The van der Waals surface area contributed by atoms with Gasteiger partial charge in [-0.3, -0.25) is 4.79 Å². The molecule has 3 rings (SSSR count). The molecule has 0 aromatic heterocycles. The lowest BCUT2D eigenvalue weighted by atomic mass is 10.0. The Morgan fingerprint density at radius 2 is 1.44 bits per heavy atom. The van der Waals surface area contributed by atoms with Gasteiger partial charge < -0.3 is 4.74 Å². The summed E-state index contributed by atoms with van der Waals surface area (Å²) >= 11 is 0. The quantitative estimate of drug-likeness (QED) is 0.543. The van der Waals surface area contributed by atoms with Crippen LogP contribution in [0.3, 0.4) is 0 Å². The predicted molar refractivity (Wildman–Crippen MR) is 103 cm³/mol. The van der Waals surface area contributed by atoms with Crippen molar-refractivity contribution in [3.63, 3.8) is 0 Å². The van der Waals surface area contributed by atoms with Crippen LogP contribution in [0.25, 0.3) is 0 Å². The van der Waals surface area contributed by atoms with E-state index in [0.717, 1.165) is 11.1 Å². The topological polar surface area (TPSA) is 74.5 Å². The van der Waals surface area contributed by atoms with Gasteiger partial charge in [-0.05, 0) is 24.3 Å². The van der Waals surface area contributed by atoms with E-state index in [-0.39, 0.29) is 12.5 Å². The third kappa shape index (κ3) is 5.03. The average molecular weight is 355 g/mol. The summed E-state index contributed by atoms with van der Waals surface area (Å²) < 4.78 is 5.42. The molecule has 0 heterocycles. The zero-order valence-corrected chi connectivity index (χ0v) is 14.5. The average Bonchev–Trinajstić information content (AvgIpc) is 2.74. The van der Waals surface area contributed by atoms with Crippen molar-refractivity contribution in [3.05, 3.63) is 102 Å². The molecule has 5 nitrogen and oxygen atoms in total. The minimum Gasteiger partial charge on any atom is -0.484 e. The van der Waals surface area contributed by atoms with E-state index in [2.05, 4.69) is 10.5 Å². The summed E-state index contributed by atoms with van der Waals surface area (Å²) in [5.41, 5.74) is 5.55. The Balaban J connectivity index is 1.68. The highest BCUT2D eigenvalue weighted by Gasteiger charge is 2.08. The van der Waals surface area contributed by atoms with Crippen molar-refractivity contribution in [1.82, 2.24) is 5.43 Å². The number of hydrogen-bond donors (Lipinski definition) is 1. The third-order valence-electron chi connectivity index (χ3n) is 3.74. The van der Waals surface area contributed by atoms with Gasteiger partial charge in [0.05, 0.1) is 17.3 Å². The zero-order valence-electron chi connectivity index (χ0n) is 14.5. The van der Waals surface area contributed by atoms with Crippen LogP contribution < -0.4 is 10.2 Å². The molecule has 132 valence electrons. The van der Waals surface area contributed by atoms with Gasteiger partial charge in [-0.15, -0.1) is 0 Å². The molecule has 0 atom stereocenters. The van der Waals surface area contributed by atoms with Crippen LogP contribution in [-0.4, -0.2) is 18.2 Å². The third-order valence-corrected chi connectivity index (χ3v) is 3.74. The summed E-state index contributed by atoms with van der Waals surface area (Å²) in [7, 11) is 0. The van der Waals surface area contributed by atoms with E-state index in [1.165, 1.54) is 0 Å². The largest absolute Gasteiger partial charge is 0.484 e. The van der Waals surface area contributed by atoms with Gasteiger partial charge in [-0.25, -0.2) is 5.43 Å². The van der Waals surface area contributed by atoms with Crippen molar-refractivity contribution in [3.8, 4) is 11.8 Å². The SMILES string of the molecule is N#Cc1ccc(OCC(=O)NN=C(c2ccccc2)c2ccccc2)cc1. The van der Waals surface area contributed by atoms with E-state index in [0.29, 0.717) is 17.0 Å². The van der Waals surface area contributed by atoms with Gasteiger partial charge in [0.25, 0.3) is 5.91 Å². The molecule has 0 unspecified atom stereocenters. The van der Waals surface area contributed by atoms with Crippen LogP contribution in [0.15, 0.2) is 90.0 Å². The van der Waals surface area contributed by atoms with Gasteiger partial charge in [0.1, 0.15) is 5.75 Å². The number of amides is 1. The van der Waals surface area contributed by atoms with E-state index in [4.69, 9.17) is 10.00 Å². The molecule has 0 aliphatic heterocycles. The number of hydrazone groups is 1. The molecule has 3 aromatic carbocycles. The fraction of sp³-hybridized carbons (Fsp3) is 0.0455. The van der Waals surface area contributed by atoms with Gasteiger partial charge >= 0.3 is 0 Å². The highest BCUT2D eigenvalue weighted by molar-refractivity contribution is 6.13. The Morgan fingerprint density at radius 3 is 1.96 bits per heavy atom. The summed E-state index contributed by atoms with van der Waals surface area (Å²) in [5.74, 6) is 0.142. The van der Waals surface area contributed by atoms with Crippen molar-refractivity contribution in [2.75, 3.05) is 6.61 Å². The molecule has 27 heavy (non-hydrogen) atoms. The molecule has 0 aliphatic carbocycles. The van der Waals surface area contributed by atoms with Crippen LogP contribution in [0.4, 0.5) is 0 Å². The van der Waals surface area contributed by atoms with Gasteiger partial charge in [0.15, 0.2) is 6.61 Å². The van der Waals surface area contributed by atoms with Gasteiger partial charge in [-0.2, -0.15) is 10.4 Å². The summed E-state index contributed by atoms with van der Waals surface area (Å²) in [4.78, 5) is 12.1. The smallest absolute Gasteiger partial charge is 0.277 e. The highest BCUT2D eigenvalue weighted by Crippen LogP contribution is 2.12. The molecular weight excluding hydrogens is 338 g/mol. The number of hydrogen-bond acceptors (Lipinski definition) is 4. The number of nitrogens with one attached hydrogen (secondary N) is 1. The second kappa shape index (κ2) is 8.97. The van der Waals surface area contributed by atoms with Crippen molar-refractivity contribution in [1.29, 1.82) is 5.26 Å². The van der Waals surface area contributed by atoms with Crippen molar-refractivity contribution >= 4 is 11.6 Å². The van der Waals surface area contributed by atoms with Crippen LogP contribution in [0.5, 0.6) is 5.75 Å². The zero-order chi connectivity index (χ0) is 18.9. The van der Waals surface area contributed by atoms with Gasteiger partial charge in [-0.1, -0.05) is 60.7 Å². The van der Waals surface area contributed by atoms with Crippen molar-refractivity contribution in [2.24, 2.45) is 5.10 Å². The van der Waals surface area contributed by atoms with E-state index >= 15 is 0 Å². The fourth-order valence-corrected chi connectivity index (χ4v) is 2.41. The van der Waals surface area contributed by atoms with Crippen LogP contribution in [0.2, 0.25) is 0 Å². The summed E-state index contributed by atoms with van der Waals surface area (Å²) in [6, 6.07) is 27.9. The monoisotopic (exact) mass is 355 g/mol. The first-order valence-corrected chi connectivity index (χ1v) is 8.36. The molecule has 0 saturated carbocycles. The Labute approximate surface area is 157 Å². The molecular formula is C22H17N3O2. The van der Waals surface area contributed by atoms with E-state index in [1.807, 2.05) is 66.7 Å². The molecule has 0 aliphatic rings. The maximum Gasteiger partial charge on any atom is 0.277 e. The number of nitrogens with zero attached hydrogens (tertiary/aromatic N) is 2. The maximum atomic E-state index is 12.1. The lowest BCUT2D eigenvalue weighted by Crippen LogP contribution is -2.26. The molecule has 1 N–H and O–H groups in total. The molecule has 5 heteroatoms. The lowest BCUT2D eigenvalue weighted by Gasteiger charge is -2.09. The first kappa shape index (κ1) is 17.9. The Bertz CT molecular complexity index is 918. The number of rotatable bonds is 6. The molecule has 0 saturated heterocycles. The standard InChI is InChI=1S/C22H17N3O2/c23-15-17-11-13-20(14-12-17)27-16-21(26)24-25-22(18-7-3-1-4-8-18)19-9-5-2-6-10-19/h1-14H,16H2,(H,24,26). The second-order valence-corrected chi connectivity index (χ2v) is 5.65. The predicted octanol–water partition coefficient (Wildman–Crippen LogP) is 3.51.